The molecule has 1 fully saturated rings. The lowest BCUT2D eigenvalue weighted by Crippen LogP contribution is -2.41. The van der Waals surface area contributed by atoms with Gasteiger partial charge < -0.3 is 9.64 Å². The van der Waals surface area contributed by atoms with Gasteiger partial charge in [0.05, 0.1) is 0 Å². The molecule has 0 spiro atoms. The average Bonchev–Trinajstić information content (AvgIpc) is 2.39. The highest BCUT2D eigenvalue weighted by Gasteiger charge is 2.40. The summed E-state index contributed by atoms with van der Waals surface area (Å²) in [7, 11) is 4.23. The number of hydrogen-bond donors (Lipinski definition) is 0. The Morgan fingerprint density at radius 3 is 2.26 bits per heavy atom. The second-order valence-electron chi connectivity index (χ2n) is 5.65. The fraction of sp³-hybridized carbons (Fsp3) is 0.562. The largest absolute Gasteiger partial charge is 0.454 e. The minimum Gasteiger partial charge on any atom is -0.454 e. The van der Waals surface area contributed by atoms with Crippen LogP contribution < -0.4 is 0 Å². The molecule has 1 aliphatic carbocycles. The highest BCUT2D eigenvalue weighted by atomic mass is 16.6. The summed E-state index contributed by atoms with van der Waals surface area (Å²) >= 11 is 0. The first-order chi connectivity index (χ1) is 9.03. The normalized spacial score (nSPS) is 27.3. The summed E-state index contributed by atoms with van der Waals surface area (Å²) in [6.45, 7) is 1.50. The second-order valence-corrected chi connectivity index (χ2v) is 5.65. The maximum Gasteiger partial charge on any atom is 0.303 e. The number of rotatable bonds is 3. The van der Waals surface area contributed by atoms with E-state index in [1.807, 2.05) is 18.2 Å². The van der Waals surface area contributed by atoms with Crippen molar-refractivity contribution in [2.24, 2.45) is 0 Å². The van der Waals surface area contributed by atoms with Crippen LogP contribution >= 0.6 is 0 Å². The molecule has 0 bridgehead atoms. The molecule has 19 heavy (non-hydrogen) atoms. The standard InChI is InChI=1S/C16H23NO2/c1-13(18)19-16(14-7-5-4-6-8-14)11-9-15(10-12-16)17(2)3/h4-8,15H,9-12H2,1-3H3/t15-,16-. The molecule has 1 aliphatic rings. The number of esters is 1. The van der Waals surface area contributed by atoms with Gasteiger partial charge in [-0.2, -0.15) is 0 Å². The van der Waals surface area contributed by atoms with Gasteiger partial charge in [-0.05, 0) is 45.3 Å². The van der Waals surface area contributed by atoms with Crippen molar-refractivity contribution in [3.8, 4) is 0 Å². The molecule has 0 aliphatic heterocycles. The summed E-state index contributed by atoms with van der Waals surface area (Å²) in [5, 5.41) is 0. The molecule has 0 N–H and O–H groups in total. The number of benzene rings is 1. The molecule has 0 aromatic heterocycles. The van der Waals surface area contributed by atoms with Gasteiger partial charge in [-0.15, -0.1) is 0 Å². The highest BCUT2D eigenvalue weighted by Crippen LogP contribution is 2.41. The molecule has 1 saturated carbocycles. The van der Waals surface area contributed by atoms with Gasteiger partial charge in [0.1, 0.15) is 5.60 Å². The summed E-state index contributed by atoms with van der Waals surface area (Å²) < 4.78 is 5.74. The van der Waals surface area contributed by atoms with Crippen molar-refractivity contribution in [1.82, 2.24) is 4.90 Å². The van der Waals surface area contributed by atoms with Gasteiger partial charge in [-0.3, -0.25) is 4.79 Å². The maximum absolute atomic E-state index is 11.5. The van der Waals surface area contributed by atoms with Crippen LogP contribution in [0.2, 0.25) is 0 Å². The topological polar surface area (TPSA) is 29.5 Å². The Morgan fingerprint density at radius 1 is 1.21 bits per heavy atom. The summed E-state index contributed by atoms with van der Waals surface area (Å²) in [6, 6.07) is 10.7. The van der Waals surface area contributed by atoms with E-state index in [0.717, 1.165) is 31.2 Å². The Kier molecular flexibility index (Phi) is 4.25. The predicted molar refractivity (Wildman–Crippen MR) is 75.8 cm³/mol. The SMILES string of the molecule is CC(=O)O[C@]1(c2ccccc2)CC[C@@H](N(C)C)CC1. The van der Waals surface area contributed by atoms with E-state index in [1.54, 1.807) is 0 Å². The van der Waals surface area contributed by atoms with E-state index in [4.69, 9.17) is 4.74 Å². The van der Waals surface area contributed by atoms with E-state index < -0.39 is 5.60 Å². The average molecular weight is 261 g/mol. The van der Waals surface area contributed by atoms with E-state index in [2.05, 4.69) is 31.1 Å². The van der Waals surface area contributed by atoms with Gasteiger partial charge in [0.25, 0.3) is 0 Å². The van der Waals surface area contributed by atoms with Crippen LogP contribution in [0.5, 0.6) is 0 Å². The van der Waals surface area contributed by atoms with Gasteiger partial charge in [-0.25, -0.2) is 0 Å². The molecule has 1 aromatic rings. The quantitative estimate of drug-likeness (QED) is 0.783. The zero-order chi connectivity index (χ0) is 13.9. The van der Waals surface area contributed by atoms with Crippen LogP contribution in [0.15, 0.2) is 30.3 Å². The summed E-state index contributed by atoms with van der Waals surface area (Å²) in [4.78, 5) is 13.7. The lowest BCUT2D eigenvalue weighted by molar-refractivity contribution is -0.163. The predicted octanol–water partition coefficient (Wildman–Crippen LogP) is 2.95. The molecular formula is C16H23NO2. The van der Waals surface area contributed by atoms with Crippen LogP contribution in [0, 0.1) is 0 Å². The highest BCUT2D eigenvalue weighted by molar-refractivity contribution is 5.66. The number of carbonyl (C=O) groups excluding carboxylic acids is 1. The monoisotopic (exact) mass is 261 g/mol. The third kappa shape index (κ3) is 3.16. The first kappa shape index (κ1) is 14.1. The van der Waals surface area contributed by atoms with Gasteiger partial charge in [0.15, 0.2) is 0 Å². The summed E-state index contributed by atoms with van der Waals surface area (Å²) in [5.41, 5.74) is 0.710. The van der Waals surface area contributed by atoms with E-state index in [9.17, 15) is 4.79 Å². The van der Waals surface area contributed by atoms with Crippen molar-refractivity contribution in [2.75, 3.05) is 14.1 Å². The Bertz CT molecular complexity index is 420. The van der Waals surface area contributed by atoms with Crippen molar-refractivity contribution < 1.29 is 9.53 Å². The van der Waals surface area contributed by atoms with Crippen LogP contribution in [0.4, 0.5) is 0 Å². The zero-order valence-electron chi connectivity index (χ0n) is 12.1. The number of hydrogen-bond acceptors (Lipinski definition) is 3. The molecule has 0 radical (unpaired) electrons. The van der Waals surface area contributed by atoms with Crippen molar-refractivity contribution in [2.45, 2.75) is 44.2 Å². The molecule has 0 amide bonds. The van der Waals surface area contributed by atoms with Gasteiger partial charge in [0, 0.05) is 13.0 Å². The molecule has 104 valence electrons. The van der Waals surface area contributed by atoms with Crippen molar-refractivity contribution in [1.29, 1.82) is 0 Å². The van der Waals surface area contributed by atoms with Crippen molar-refractivity contribution >= 4 is 5.97 Å². The van der Waals surface area contributed by atoms with E-state index >= 15 is 0 Å². The molecule has 3 nitrogen and oxygen atoms in total. The molecule has 0 unspecified atom stereocenters. The number of nitrogens with zero attached hydrogens (tertiary/aromatic N) is 1. The Balaban J connectivity index is 2.21. The molecule has 0 heterocycles. The molecule has 1 aromatic carbocycles. The van der Waals surface area contributed by atoms with Crippen LogP contribution in [0.3, 0.4) is 0 Å². The minimum atomic E-state index is -0.417. The second kappa shape index (κ2) is 5.74. The number of carbonyl (C=O) groups is 1. The Hall–Kier alpha value is -1.35. The zero-order valence-corrected chi connectivity index (χ0v) is 12.1. The molecule has 0 saturated heterocycles. The Morgan fingerprint density at radius 2 is 1.79 bits per heavy atom. The first-order valence-electron chi connectivity index (χ1n) is 6.95. The van der Waals surface area contributed by atoms with E-state index in [0.29, 0.717) is 6.04 Å². The molecular weight excluding hydrogens is 238 g/mol. The number of ether oxygens (including phenoxy) is 1. The van der Waals surface area contributed by atoms with Crippen molar-refractivity contribution in [3.05, 3.63) is 35.9 Å². The molecule has 2 rings (SSSR count). The minimum absolute atomic E-state index is 0.188. The Labute approximate surface area is 115 Å². The lowest BCUT2D eigenvalue weighted by atomic mass is 9.77. The van der Waals surface area contributed by atoms with Gasteiger partial charge in [-0.1, -0.05) is 30.3 Å². The van der Waals surface area contributed by atoms with E-state index in [-0.39, 0.29) is 5.97 Å². The van der Waals surface area contributed by atoms with Crippen molar-refractivity contribution in [3.63, 3.8) is 0 Å². The first-order valence-corrected chi connectivity index (χ1v) is 6.95. The summed E-state index contributed by atoms with van der Waals surface area (Å²) in [5.74, 6) is -0.188. The maximum atomic E-state index is 11.5. The third-order valence-corrected chi connectivity index (χ3v) is 4.13. The molecule has 3 heteroatoms. The fourth-order valence-electron chi connectivity index (χ4n) is 3.05. The van der Waals surface area contributed by atoms with Crippen LogP contribution in [0.25, 0.3) is 0 Å². The van der Waals surface area contributed by atoms with Crippen LogP contribution in [-0.4, -0.2) is 31.0 Å². The summed E-state index contributed by atoms with van der Waals surface area (Å²) in [6.07, 6.45) is 3.93. The van der Waals surface area contributed by atoms with Gasteiger partial charge in [0.2, 0.25) is 0 Å². The van der Waals surface area contributed by atoms with E-state index in [1.165, 1.54) is 6.92 Å². The third-order valence-electron chi connectivity index (χ3n) is 4.13. The molecule has 0 atom stereocenters. The van der Waals surface area contributed by atoms with Crippen LogP contribution in [0.1, 0.15) is 38.2 Å². The van der Waals surface area contributed by atoms with Gasteiger partial charge >= 0.3 is 5.97 Å². The lowest BCUT2D eigenvalue weighted by Gasteiger charge is -2.41. The van der Waals surface area contributed by atoms with Crippen LogP contribution in [-0.2, 0) is 15.1 Å². The smallest absolute Gasteiger partial charge is 0.303 e. The fourth-order valence-corrected chi connectivity index (χ4v) is 3.05.